The summed E-state index contributed by atoms with van der Waals surface area (Å²) < 4.78 is 5.30. The van der Waals surface area contributed by atoms with E-state index in [9.17, 15) is 9.59 Å². The minimum absolute atomic E-state index is 0.0340. The van der Waals surface area contributed by atoms with Crippen LogP contribution in [0.15, 0.2) is 36.5 Å². The van der Waals surface area contributed by atoms with E-state index in [1.807, 2.05) is 6.07 Å². The maximum absolute atomic E-state index is 12.2. The van der Waals surface area contributed by atoms with Gasteiger partial charge in [0.2, 0.25) is 0 Å². The molecule has 0 saturated carbocycles. The van der Waals surface area contributed by atoms with Crippen LogP contribution in [-0.4, -0.2) is 22.0 Å². The van der Waals surface area contributed by atoms with Crippen LogP contribution in [0.25, 0.3) is 0 Å². The van der Waals surface area contributed by atoms with Gasteiger partial charge in [-0.3, -0.25) is 4.79 Å². The molecule has 0 saturated heterocycles. The van der Waals surface area contributed by atoms with Crippen LogP contribution in [0.5, 0.6) is 0 Å². The van der Waals surface area contributed by atoms with Gasteiger partial charge in [0.1, 0.15) is 11.4 Å². The number of nitrogens with zero attached hydrogens (tertiary/aromatic N) is 1. The van der Waals surface area contributed by atoms with Crippen molar-refractivity contribution in [2.45, 2.75) is 13.2 Å². The summed E-state index contributed by atoms with van der Waals surface area (Å²) >= 11 is 0. The van der Waals surface area contributed by atoms with Crippen LogP contribution in [0, 0.1) is 0 Å². The summed E-state index contributed by atoms with van der Waals surface area (Å²) in [7, 11) is 0. The number of ether oxygens (including phenoxy) is 1. The van der Waals surface area contributed by atoms with Crippen LogP contribution in [0.3, 0.4) is 0 Å². The van der Waals surface area contributed by atoms with Crippen molar-refractivity contribution in [2.75, 3.05) is 5.32 Å². The monoisotopic (exact) mass is 284 g/mol. The first-order chi connectivity index (χ1) is 10.1. The average molecular weight is 284 g/mol. The zero-order chi connectivity index (χ0) is 14.8. The van der Waals surface area contributed by atoms with Gasteiger partial charge in [0.25, 0.3) is 5.91 Å². The third kappa shape index (κ3) is 2.61. The van der Waals surface area contributed by atoms with E-state index in [4.69, 9.17) is 9.84 Å². The SMILES string of the molecule is O=C(Nc1ncccc1C(=O)O)c1ccc2c(c1)COC2. The highest BCUT2D eigenvalue weighted by molar-refractivity contribution is 6.07. The van der Waals surface area contributed by atoms with Crippen molar-refractivity contribution in [3.05, 3.63) is 58.8 Å². The van der Waals surface area contributed by atoms with Crippen LogP contribution in [0.4, 0.5) is 5.82 Å². The fraction of sp³-hybridized carbons (Fsp3) is 0.133. The molecule has 0 bridgehead atoms. The fourth-order valence-corrected chi connectivity index (χ4v) is 2.17. The highest BCUT2D eigenvalue weighted by Gasteiger charge is 2.17. The minimum atomic E-state index is -1.14. The normalized spacial score (nSPS) is 12.8. The van der Waals surface area contributed by atoms with E-state index < -0.39 is 11.9 Å². The second kappa shape index (κ2) is 5.34. The van der Waals surface area contributed by atoms with E-state index in [-0.39, 0.29) is 11.4 Å². The molecule has 0 spiro atoms. The Labute approximate surface area is 120 Å². The van der Waals surface area contributed by atoms with Gasteiger partial charge in [0, 0.05) is 11.8 Å². The number of benzene rings is 1. The summed E-state index contributed by atoms with van der Waals surface area (Å²) in [6.45, 7) is 1.04. The number of hydrogen-bond acceptors (Lipinski definition) is 4. The third-order valence-corrected chi connectivity index (χ3v) is 3.25. The standard InChI is InChI=1S/C15H12N2O4/c18-14(9-3-4-10-7-21-8-11(10)6-9)17-13-12(15(19)20)2-1-5-16-13/h1-6H,7-8H2,(H,19,20)(H,16,17,18). The van der Waals surface area contributed by atoms with E-state index in [1.54, 1.807) is 12.1 Å². The number of aromatic nitrogens is 1. The third-order valence-electron chi connectivity index (χ3n) is 3.25. The Morgan fingerprint density at radius 3 is 2.81 bits per heavy atom. The first-order valence-electron chi connectivity index (χ1n) is 6.34. The Hall–Kier alpha value is -2.73. The predicted molar refractivity (Wildman–Crippen MR) is 74.1 cm³/mol. The Morgan fingerprint density at radius 2 is 2.00 bits per heavy atom. The van der Waals surface area contributed by atoms with Gasteiger partial charge in [0.15, 0.2) is 0 Å². The molecular formula is C15H12N2O4. The molecule has 6 heteroatoms. The maximum Gasteiger partial charge on any atom is 0.339 e. The van der Waals surface area contributed by atoms with Crippen LogP contribution < -0.4 is 5.32 Å². The molecule has 106 valence electrons. The molecule has 3 rings (SSSR count). The highest BCUT2D eigenvalue weighted by Crippen LogP contribution is 2.21. The summed E-state index contributed by atoms with van der Waals surface area (Å²) in [5, 5.41) is 11.6. The molecule has 1 aliphatic heterocycles. The van der Waals surface area contributed by atoms with Gasteiger partial charge in [-0.25, -0.2) is 9.78 Å². The van der Waals surface area contributed by atoms with Crippen LogP contribution in [-0.2, 0) is 18.0 Å². The number of aromatic carboxylic acids is 1. The Balaban J connectivity index is 1.85. The van der Waals surface area contributed by atoms with E-state index in [1.165, 1.54) is 18.3 Å². The van der Waals surface area contributed by atoms with Gasteiger partial charge in [-0.1, -0.05) is 6.07 Å². The Bertz CT molecular complexity index is 727. The van der Waals surface area contributed by atoms with Gasteiger partial charge < -0.3 is 15.2 Å². The smallest absolute Gasteiger partial charge is 0.339 e. The lowest BCUT2D eigenvalue weighted by molar-refractivity contribution is 0.0697. The minimum Gasteiger partial charge on any atom is -0.478 e. The molecule has 0 fully saturated rings. The number of carbonyl (C=O) groups excluding carboxylic acids is 1. The summed E-state index contributed by atoms with van der Waals surface area (Å²) in [4.78, 5) is 27.2. The molecule has 0 radical (unpaired) electrons. The van der Waals surface area contributed by atoms with Crippen LogP contribution in [0.1, 0.15) is 31.8 Å². The van der Waals surface area contributed by atoms with Gasteiger partial charge in [-0.15, -0.1) is 0 Å². The summed E-state index contributed by atoms with van der Waals surface area (Å²) in [6.07, 6.45) is 1.43. The van der Waals surface area contributed by atoms with Gasteiger partial charge in [-0.05, 0) is 35.4 Å². The molecule has 21 heavy (non-hydrogen) atoms. The molecule has 0 aliphatic carbocycles. The predicted octanol–water partition coefficient (Wildman–Crippen LogP) is 2.06. The van der Waals surface area contributed by atoms with Crippen molar-refractivity contribution >= 4 is 17.7 Å². The Morgan fingerprint density at radius 1 is 1.19 bits per heavy atom. The van der Waals surface area contributed by atoms with Crippen LogP contribution in [0.2, 0.25) is 0 Å². The zero-order valence-corrected chi connectivity index (χ0v) is 11.0. The molecule has 0 atom stereocenters. The number of amides is 1. The lowest BCUT2D eigenvalue weighted by Crippen LogP contribution is -2.16. The molecule has 2 N–H and O–H groups in total. The van der Waals surface area contributed by atoms with Crippen molar-refractivity contribution in [1.82, 2.24) is 4.98 Å². The van der Waals surface area contributed by atoms with Crippen LogP contribution >= 0.6 is 0 Å². The second-order valence-electron chi connectivity index (χ2n) is 4.64. The van der Waals surface area contributed by atoms with Crippen molar-refractivity contribution in [3.63, 3.8) is 0 Å². The summed E-state index contributed by atoms with van der Waals surface area (Å²) in [6, 6.07) is 8.17. The van der Waals surface area contributed by atoms with E-state index in [0.29, 0.717) is 18.8 Å². The molecule has 1 aromatic carbocycles. The number of pyridine rings is 1. The molecule has 1 aliphatic rings. The van der Waals surface area contributed by atoms with Crippen molar-refractivity contribution in [3.8, 4) is 0 Å². The largest absolute Gasteiger partial charge is 0.478 e. The Kier molecular flexibility index (Phi) is 3.37. The number of carboxylic acids is 1. The molecule has 1 amide bonds. The topological polar surface area (TPSA) is 88.5 Å². The average Bonchev–Trinajstić information content (AvgIpc) is 2.94. The first kappa shape index (κ1) is 13.3. The number of nitrogens with one attached hydrogen (secondary N) is 1. The number of carbonyl (C=O) groups is 2. The fourth-order valence-electron chi connectivity index (χ4n) is 2.17. The number of anilines is 1. The second-order valence-corrected chi connectivity index (χ2v) is 4.64. The first-order valence-corrected chi connectivity index (χ1v) is 6.34. The lowest BCUT2D eigenvalue weighted by Gasteiger charge is -2.08. The number of hydrogen-bond donors (Lipinski definition) is 2. The van der Waals surface area contributed by atoms with Gasteiger partial charge in [-0.2, -0.15) is 0 Å². The van der Waals surface area contributed by atoms with Crippen molar-refractivity contribution in [2.24, 2.45) is 0 Å². The molecule has 1 aromatic heterocycles. The van der Waals surface area contributed by atoms with E-state index in [0.717, 1.165) is 11.1 Å². The molecule has 6 nitrogen and oxygen atoms in total. The molecule has 2 aromatic rings. The van der Waals surface area contributed by atoms with Crippen molar-refractivity contribution in [1.29, 1.82) is 0 Å². The summed E-state index contributed by atoms with van der Waals surface area (Å²) in [5.41, 5.74) is 2.44. The molecule has 2 heterocycles. The van der Waals surface area contributed by atoms with Gasteiger partial charge in [0.05, 0.1) is 13.2 Å². The zero-order valence-electron chi connectivity index (χ0n) is 11.0. The summed E-state index contributed by atoms with van der Waals surface area (Å²) in [5.74, 6) is -1.50. The number of carboxylic acid groups (broad SMARTS) is 1. The van der Waals surface area contributed by atoms with E-state index in [2.05, 4.69) is 10.3 Å². The highest BCUT2D eigenvalue weighted by atomic mass is 16.5. The lowest BCUT2D eigenvalue weighted by atomic mass is 10.1. The maximum atomic E-state index is 12.2. The number of rotatable bonds is 3. The van der Waals surface area contributed by atoms with Crippen molar-refractivity contribution < 1.29 is 19.4 Å². The quantitative estimate of drug-likeness (QED) is 0.900. The number of fused-ring (bicyclic) bond motifs is 1. The van der Waals surface area contributed by atoms with E-state index >= 15 is 0 Å². The van der Waals surface area contributed by atoms with Gasteiger partial charge >= 0.3 is 5.97 Å². The molecular weight excluding hydrogens is 272 g/mol. The molecule has 0 unspecified atom stereocenters.